The van der Waals surface area contributed by atoms with Crippen LogP contribution in [-0.2, 0) is 6.18 Å². The van der Waals surface area contributed by atoms with Gasteiger partial charge >= 0.3 is 6.18 Å². The van der Waals surface area contributed by atoms with E-state index in [9.17, 15) is 28.4 Å². The summed E-state index contributed by atoms with van der Waals surface area (Å²) in [6.45, 7) is 0.646. The van der Waals surface area contributed by atoms with Gasteiger partial charge in [-0.2, -0.15) is 13.2 Å². The highest BCUT2D eigenvalue weighted by atomic mass is 19.4. The highest BCUT2D eigenvalue weighted by Gasteiger charge is 2.43. The number of alkyl halides is 3. The summed E-state index contributed by atoms with van der Waals surface area (Å²) >= 11 is 0. The molecular formula is C15H17F3N2O3. The van der Waals surface area contributed by atoms with E-state index in [4.69, 9.17) is 0 Å². The third kappa shape index (κ3) is 2.87. The molecule has 23 heavy (non-hydrogen) atoms. The fraction of sp³-hybridized carbons (Fsp3) is 0.600. The van der Waals surface area contributed by atoms with Gasteiger partial charge in [0.05, 0.1) is 4.92 Å². The summed E-state index contributed by atoms with van der Waals surface area (Å²) in [6, 6.07) is 3.16. The number of rotatable bonds is 3. The van der Waals surface area contributed by atoms with Crippen molar-refractivity contribution in [2.75, 3.05) is 18.1 Å². The van der Waals surface area contributed by atoms with Gasteiger partial charge in [-0.3, -0.25) is 10.1 Å². The lowest BCUT2D eigenvalue weighted by Gasteiger charge is -2.50. The SMILES string of the molecule is O=[N+]([O-])c1ccc(N2CC3CCC2C(CO)C3)cc1C(F)(F)F. The molecule has 4 rings (SSSR count). The van der Waals surface area contributed by atoms with Crippen molar-refractivity contribution in [2.24, 2.45) is 11.8 Å². The molecule has 0 radical (unpaired) electrons. The van der Waals surface area contributed by atoms with E-state index < -0.39 is 22.4 Å². The molecule has 0 spiro atoms. The summed E-state index contributed by atoms with van der Waals surface area (Å²) in [4.78, 5) is 11.7. The molecule has 2 aliphatic heterocycles. The Labute approximate surface area is 130 Å². The van der Waals surface area contributed by atoms with E-state index in [-0.39, 0.29) is 18.6 Å². The number of anilines is 1. The minimum atomic E-state index is -4.77. The average Bonchev–Trinajstić information content (AvgIpc) is 2.53. The molecule has 5 nitrogen and oxygen atoms in total. The molecule has 1 aromatic rings. The van der Waals surface area contributed by atoms with Crippen LogP contribution in [0, 0.1) is 22.0 Å². The van der Waals surface area contributed by atoms with Crippen LogP contribution in [0.15, 0.2) is 18.2 Å². The van der Waals surface area contributed by atoms with Crippen LogP contribution in [-0.4, -0.2) is 29.2 Å². The zero-order valence-electron chi connectivity index (χ0n) is 12.3. The van der Waals surface area contributed by atoms with Crippen molar-refractivity contribution in [3.63, 3.8) is 0 Å². The first kappa shape index (κ1) is 16.0. The minimum absolute atomic E-state index is 0.00691. The van der Waals surface area contributed by atoms with E-state index in [0.717, 1.165) is 31.4 Å². The summed E-state index contributed by atoms with van der Waals surface area (Å²) in [5.41, 5.74) is -1.81. The Kier molecular flexibility index (Phi) is 3.95. The number of hydrogen-bond acceptors (Lipinski definition) is 4. The number of halogens is 3. The normalized spacial score (nSPS) is 27.3. The Balaban J connectivity index is 1.99. The number of fused-ring (bicyclic) bond motifs is 3. The minimum Gasteiger partial charge on any atom is -0.396 e. The molecule has 2 bridgehead atoms. The highest BCUT2D eigenvalue weighted by molar-refractivity contribution is 5.58. The second kappa shape index (κ2) is 5.67. The monoisotopic (exact) mass is 330 g/mol. The van der Waals surface area contributed by atoms with Crippen LogP contribution >= 0.6 is 0 Å². The quantitative estimate of drug-likeness (QED) is 0.683. The second-order valence-corrected chi connectivity index (χ2v) is 6.30. The van der Waals surface area contributed by atoms with Gasteiger partial charge in [0.25, 0.3) is 5.69 Å². The lowest BCUT2D eigenvalue weighted by molar-refractivity contribution is -0.388. The van der Waals surface area contributed by atoms with Crippen LogP contribution in [0.3, 0.4) is 0 Å². The topological polar surface area (TPSA) is 66.6 Å². The van der Waals surface area contributed by atoms with E-state index in [2.05, 4.69) is 0 Å². The van der Waals surface area contributed by atoms with Crippen LogP contribution in [0.1, 0.15) is 24.8 Å². The second-order valence-electron chi connectivity index (χ2n) is 6.30. The van der Waals surface area contributed by atoms with Crippen LogP contribution in [0.2, 0.25) is 0 Å². The molecule has 3 aliphatic rings. The van der Waals surface area contributed by atoms with Crippen molar-refractivity contribution in [3.8, 4) is 0 Å². The summed E-state index contributed by atoms with van der Waals surface area (Å²) in [5.74, 6) is 0.397. The maximum absolute atomic E-state index is 13.1. The number of aliphatic hydroxyl groups excluding tert-OH is 1. The van der Waals surface area contributed by atoms with Gasteiger partial charge in [-0.1, -0.05) is 0 Å². The zero-order valence-corrected chi connectivity index (χ0v) is 12.3. The van der Waals surface area contributed by atoms with Gasteiger partial charge in [0, 0.05) is 36.9 Å². The molecule has 0 aromatic heterocycles. The first-order chi connectivity index (χ1) is 10.8. The highest BCUT2D eigenvalue weighted by Crippen LogP contribution is 2.44. The summed E-state index contributed by atoms with van der Waals surface area (Å²) in [7, 11) is 0. The standard InChI is InChI=1S/C15H17F3N2O3/c16-15(17,18)12-6-11(2-4-14(12)20(22)23)19-7-9-1-3-13(19)10(5-9)8-21/h2,4,6,9-10,13,21H,1,3,5,7-8H2. The number of nitro groups is 1. The fourth-order valence-electron chi connectivity index (χ4n) is 3.92. The Morgan fingerprint density at radius 2 is 2.09 bits per heavy atom. The van der Waals surface area contributed by atoms with Gasteiger partial charge in [-0.25, -0.2) is 0 Å². The molecular weight excluding hydrogens is 313 g/mol. The van der Waals surface area contributed by atoms with E-state index >= 15 is 0 Å². The van der Waals surface area contributed by atoms with Crippen molar-refractivity contribution in [2.45, 2.75) is 31.5 Å². The Morgan fingerprint density at radius 3 is 2.65 bits per heavy atom. The number of piperidine rings is 2. The van der Waals surface area contributed by atoms with Crippen LogP contribution in [0.25, 0.3) is 0 Å². The molecule has 3 fully saturated rings. The van der Waals surface area contributed by atoms with Crippen molar-refractivity contribution >= 4 is 11.4 Å². The maximum Gasteiger partial charge on any atom is 0.423 e. The van der Waals surface area contributed by atoms with Gasteiger partial charge in [-0.05, 0) is 37.3 Å². The van der Waals surface area contributed by atoms with Crippen molar-refractivity contribution in [3.05, 3.63) is 33.9 Å². The maximum atomic E-state index is 13.1. The molecule has 126 valence electrons. The molecule has 2 saturated heterocycles. The van der Waals surface area contributed by atoms with Gasteiger partial charge in [0.15, 0.2) is 0 Å². The smallest absolute Gasteiger partial charge is 0.396 e. The molecule has 8 heteroatoms. The molecule has 1 N–H and O–H groups in total. The molecule has 1 saturated carbocycles. The number of aliphatic hydroxyl groups is 1. The first-order valence-corrected chi connectivity index (χ1v) is 7.54. The van der Waals surface area contributed by atoms with Crippen LogP contribution in [0.4, 0.5) is 24.5 Å². The summed E-state index contributed by atoms with van der Waals surface area (Å²) < 4.78 is 39.4. The van der Waals surface area contributed by atoms with Crippen molar-refractivity contribution < 1.29 is 23.2 Å². The molecule has 3 unspecified atom stereocenters. The van der Waals surface area contributed by atoms with Crippen LogP contribution < -0.4 is 4.90 Å². The Bertz CT molecular complexity index is 620. The molecule has 1 aromatic carbocycles. The van der Waals surface area contributed by atoms with Gasteiger partial charge < -0.3 is 10.0 Å². The molecule has 3 atom stereocenters. The summed E-state index contributed by atoms with van der Waals surface area (Å²) in [5, 5.41) is 20.3. The molecule has 0 amide bonds. The predicted octanol–water partition coefficient (Wildman–Crippen LogP) is 3.21. The van der Waals surface area contributed by atoms with Crippen molar-refractivity contribution in [1.82, 2.24) is 0 Å². The van der Waals surface area contributed by atoms with E-state index in [1.807, 2.05) is 4.90 Å². The first-order valence-electron chi connectivity index (χ1n) is 7.54. The third-order valence-electron chi connectivity index (χ3n) is 4.95. The predicted molar refractivity (Wildman–Crippen MR) is 77.1 cm³/mol. The van der Waals surface area contributed by atoms with E-state index in [1.165, 1.54) is 6.07 Å². The third-order valence-corrected chi connectivity index (χ3v) is 4.95. The number of hydrogen-bond donors (Lipinski definition) is 1. The Morgan fingerprint density at radius 1 is 1.35 bits per heavy atom. The lowest BCUT2D eigenvalue weighted by atomic mass is 9.73. The number of nitro benzene ring substituents is 1. The number of benzene rings is 1. The molecule has 2 heterocycles. The lowest BCUT2D eigenvalue weighted by Crippen LogP contribution is -2.54. The van der Waals surface area contributed by atoms with E-state index in [1.54, 1.807) is 0 Å². The van der Waals surface area contributed by atoms with Gasteiger partial charge in [0.1, 0.15) is 5.56 Å². The molecule has 1 aliphatic carbocycles. The zero-order chi connectivity index (χ0) is 16.8. The fourth-order valence-corrected chi connectivity index (χ4v) is 3.92. The summed E-state index contributed by atoms with van der Waals surface area (Å²) in [6.07, 6.45) is -2.05. The average molecular weight is 330 g/mol. The van der Waals surface area contributed by atoms with Gasteiger partial charge in [0.2, 0.25) is 0 Å². The number of nitrogens with zero attached hydrogens (tertiary/aromatic N) is 2. The van der Waals surface area contributed by atoms with E-state index in [0.29, 0.717) is 18.2 Å². The van der Waals surface area contributed by atoms with Crippen LogP contribution in [0.5, 0.6) is 0 Å². The van der Waals surface area contributed by atoms with Crippen molar-refractivity contribution in [1.29, 1.82) is 0 Å². The Hall–Kier alpha value is -1.83. The largest absolute Gasteiger partial charge is 0.423 e. The van der Waals surface area contributed by atoms with Gasteiger partial charge in [-0.15, -0.1) is 0 Å².